The van der Waals surface area contributed by atoms with E-state index in [-0.39, 0.29) is 22.5 Å². The van der Waals surface area contributed by atoms with Gasteiger partial charge in [-0.1, -0.05) is 54.6 Å². The molecule has 28 heavy (non-hydrogen) atoms. The van der Waals surface area contributed by atoms with E-state index in [1.807, 2.05) is 36.4 Å². The maximum absolute atomic E-state index is 13.5. The van der Waals surface area contributed by atoms with Crippen LogP contribution in [0.3, 0.4) is 0 Å². The van der Waals surface area contributed by atoms with Crippen molar-refractivity contribution in [2.45, 2.75) is 0 Å². The first-order valence-electron chi connectivity index (χ1n) is 8.86. The summed E-state index contributed by atoms with van der Waals surface area (Å²) in [6, 6.07) is 23.3. The standard InChI is InChI=1S/C24H14O4/c25-22(17-11-5-8-15-7-1-2-9-16(15)17)21-23(26)18-10-3-4-12-19(18)28-24(21)20-13-6-14-27-20/h1-14H. The largest absolute Gasteiger partial charge is 0.461 e. The third-order valence-electron chi connectivity index (χ3n) is 4.80. The lowest BCUT2D eigenvalue weighted by atomic mass is 9.95. The van der Waals surface area contributed by atoms with Gasteiger partial charge in [-0.3, -0.25) is 9.59 Å². The summed E-state index contributed by atoms with van der Waals surface area (Å²) in [6.07, 6.45) is 1.48. The first kappa shape index (κ1) is 16.3. The van der Waals surface area contributed by atoms with Gasteiger partial charge in [-0.25, -0.2) is 0 Å². The van der Waals surface area contributed by atoms with Crippen LogP contribution in [0.4, 0.5) is 0 Å². The van der Waals surface area contributed by atoms with E-state index in [0.717, 1.165) is 10.8 Å². The summed E-state index contributed by atoms with van der Waals surface area (Å²) in [5, 5.41) is 2.08. The van der Waals surface area contributed by atoms with Crippen molar-refractivity contribution in [1.82, 2.24) is 0 Å². The molecular weight excluding hydrogens is 352 g/mol. The number of carbonyl (C=O) groups is 1. The summed E-state index contributed by atoms with van der Waals surface area (Å²) in [5.74, 6) is 0.0979. The van der Waals surface area contributed by atoms with Crippen molar-refractivity contribution in [3.05, 3.63) is 106 Å². The monoisotopic (exact) mass is 366 g/mol. The number of para-hydroxylation sites is 1. The molecule has 0 aliphatic rings. The van der Waals surface area contributed by atoms with Gasteiger partial charge in [-0.2, -0.15) is 0 Å². The minimum absolute atomic E-state index is 0.0231. The van der Waals surface area contributed by atoms with Gasteiger partial charge in [-0.15, -0.1) is 0 Å². The minimum Gasteiger partial charge on any atom is -0.461 e. The maximum atomic E-state index is 13.5. The highest BCUT2D eigenvalue weighted by Gasteiger charge is 2.25. The van der Waals surface area contributed by atoms with Crippen LogP contribution >= 0.6 is 0 Å². The molecule has 0 N–H and O–H groups in total. The molecule has 0 aliphatic carbocycles. The average molecular weight is 366 g/mol. The molecule has 3 aromatic carbocycles. The fourth-order valence-electron chi connectivity index (χ4n) is 3.49. The van der Waals surface area contributed by atoms with Crippen molar-refractivity contribution in [2.75, 3.05) is 0 Å². The Balaban J connectivity index is 1.85. The second-order valence-corrected chi connectivity index (χ2v) is 6.46. The number of rotatable bonds is 3. The maximum Gasteiger partial charge on any atom is 0.204 e. The summed E-state index contributed by atoms with van der Waals surface area (Å²) >= 11 is 0. The van der Waals surface area contributed by atoms with Gasteiger partial charge in [0.15, 0.2) is 11.5 Å². The third-order valence-corrected chi connectivity index (χ3v) is 4.80. The summed E-state index contributed by atoms with van der Waals surface area (Å²) in [5.41, 5.74) is 0.470. The van der Waals surface area contributed by atoms with E-state index in [9.17, 15) is 9.59 Å². The second-order valence-electron chi connectivity index (χ2n) is 6.46. The molecule has 5 rings (SSSR count). The van der Waals surface area contributed by atoms with Crippen LogP contribution in [0, 0.1) is 0 Å². The fraction of sp³-hybridized carbons (Fsp3) is 0. The first-order chi connectivity index (χ1) is 13.7. The fourth-order valence-corrected chi connectivity index (χ4v) is 3.49. The Kier molecular flexibility index (Phi) is 3.69. The molecule has 0 fully saturated rings. The molecule has 2 aromatic heterocycles. The normalized spacial score (nSPS) is 11.1. The van der Waals surface area contributed by atoms with Gasteiger partial charge in [0.2, 0.25) is 11.2 Å². The van der Waals surface area contributed by atoms with E-state index in [0.29, 0.717) is 22.3 Å². The van der Waals surface area contributed by atoms with Crippen molar-refractivity contribution >= 4 is 27.5 Å². The van der Waals surface area contributed by atoms with E-state index in [1.165, 1.54) is 6.26 Å². The van der Waals surface area contributed by atoms with E-state index >= 15 is 0 Å². The van der Waals surface area contributed by atoms with Gasteiger partial charge in [0.05, 0.1) is 11.6 Å². The molecule has 4 heteroatoms. The zero-order valence-electron chi connectivity index (χ0n) is 14.7. The van der Waals surface area contributed by atoms with Crippen molar-refractivity contribution in [2.24, 2.45) is 0 Å². The van der Waals surface area contributed by atoms with Crippen LogP contribution in [0.2, 0.25) is 0 Å². The molecule has 0 radical (unpaired) electrons. The summed E-state index contributed by atoms with van der Waals surface area (Å²) in [6.45, 7) is 0. The van der Waals surface area contributed by atoms with Crippen LogP contribution in [0.25, 0.3) is 33.3 Å². The van der Waals surface area contributed by atoms with Crippen LogP contribution in [0.15, 0.2) is 98.8 Å². The van der Waals surface area contributed by atoms with Crippen molar-refractivity contribution in [3.8, 4) is 11.5 Å². The van der Waals surface area contributed by atoms with E-state index < -0.39 is 0 Å². The minimum atomic E-state index is -0.386. The first-order valence-corrected chi connectivity index (χ1v) is 8.86. The Morgan fingerprint density at radius 3 is 2.32 bits per heavy atom. The SMILES string of the molecule is O=C(c1c(-c2ccco2)oc2ccccc2c1=O)c1cccc2ccccc12. The smallest absolute Gasteiger partial charge is 0.204 e. The summed E-state index contributed by atoms with van der Waals surface area (Å²) in [7, 11) is 0. The zero-order chi connectivity index (χ0) is 19.1. The van der Waals surface area contributed by atoms with Gasteiger partial charge in [0.1, 0.15) is 11.1 Å². The number of hydrogen-bond donors (Lipinski definition) is 0. The predicted molar refractivity (Wildman–Crippen MR) is 108 cm³/mol. The average Bonchev–Trinajstić information content (AvgIpc) is 3.28. The second kappa shape index (κ2) is 6.35. The van der Waals surface area contributed by atoms with Crippen molar-refractivity contribution in [1.29, 1.82) is 0 Å². The molecule has 0 bridgehead atoms. The predicted octanol–water partition coefficient (Wildman–Crippen LogP) is 5.44. The molecule has 134 valence electrons. The molecule has 2 heterocycles. The highest BCUT2D eigenvalue weighted by atomic mass is 16.4. The molecule has 0 saturated heterocycles. The van der Waals surface area contributed by atoms with Gasteiger partial charge in [0.25, 0.3) is 0 Å². The topological polar surface area (TPSA) is 60.4 Å². The quantitative estimate of drug-likeness (QED) is 0.399. The molecule has 0 amide bonds. The number of ketones is 1. The molecule has 5 aromatic rings. The number of carbonyl (C=O) groups excluding carboxylic acids is 1. The number of fused-ring (bicyclic) bond motifs is 2. The van der Waals surface area contributed by atoms with Crippen LogP contribution in [0.1, 0.15) is 15.9 Å². The lowest BCUT2D eigenvalue weighted by Crippen LogP contribution is -2.18. The number of hydrogen-bond acceptors (Lipinski definition) is 4. The lowest BCUT2D eigenvalue weighted by Gasteiger charge is -2.09. The van der Waals surface area contributed by atoms with Crippen LogP contribution < -0.4 is 5.43 Å². The molecular formula is C24H14O4. The highest BCUT2D eigenvalue weighted by Crippen LogP contribution is 2.29. The van der Waals surface area contributed by atoms with Gasteiger partial charge >= 0.3 is 0 Å². The molecule has 0 aliphatic heterocycles. The molecule has 0 spiro atoms. The van der Waals surface area contributed by atoms with Gasteiger partial charge in [-0.05, 0) is 35.0 Å². The van der Waals surface area contributed by atoms with E-state index in [4.69, 9.17) is 8.83 Å². The number of benzene rings is 3. The summed E-state index contributed by atoms with van der Waals surface area (Å²) in [4.78, 5) is 26.8. The van der Waals surface area contributed by atoms with E-state index in [1.54, 1.807) is 42.5 Å². The third kappa shape index (κ3) is 2.47. The molecule has 4 nitrogen and oxygen atoms in total. The summed E-state index contributed by atoms with van der Waals surface area (Å²) < 4.78 is 11.4. The number of furan rings is 1. The van der Waals surface area contributed by atoms with Crippen molar-refractivity contribution < 1.29 is 13.6 Å². The Morgan fingerprint density at radius 2 is 1.50 bits per heavy atom. The Bertz CT molecular complexity index is 1390. The van der Waals surface area contributed by atoms with Gasteiger partial charge < -0.3 is 8.83 Å². The molecule has 0 saturated carbocycles. The Morgan fingerprint density at radius 1 is 0.750 bits per heavy atom. The highest BCUT2D eigenvalue weighted by molar-refractivity contribution is 6.19. The molecule has 0 atom stereocenters. The zero-order valence-corrected chi connectivity index (χ0v) is 14.7. The van der Waals surface area contributed by atoms with Crippen LogP contribution in [-0.2, 0) is 0 Å². The molecule has 0 unspecified atom stereocenters. The lowest BCUT2D eigenvalue weighted by molar-refractivity contribution is 0.103. The van der Waals surface area contributed by atoms with Gasteiger partial charge in [0, 0.05) is 5.56 Å². The van der Waals surface area contributed by atoms with Crippen LogP contribution in [0.5, 0.6) is 0 Å². The Hall–Kier alpha value is -3.92. The van der Waals surface area contributed by atoms with Crippen molar-refractivity contribution in [3.63, 3.8) is 0 Å². The Labute approximate surface area is 159 Å². The van der Waals surface area contributed by atoms with Crippen LogP contribution in [-0.4, -0.2) is 5.78 Å². The van der Waals surface area contributed by atoms with E-state index in [2.05, 4.69) is 0 Å².